The molecule has 124 valence electrons. The fourth-order valence-electron chi connectivity index (χ4n) is 3.62. The standard InChI is InChI=1S/C18H21N5O/c24-18(14-5-2-1-3-6-14)23-12-4-7-15(23)17-20-16(21-22-17)13-8-10-19-11-9-13/h1-2,8-11,14-15H,3-7,12H2,(H,20,21,22)/t14-,15-/m0/s1. The first-order valence-corrected chi connectivity index (χ1v) is 8.61. The summed E-state index contributed by atoms with van der Waals surface area (Å²) in [5, 5.41) is 7.37. The highest BCUT2D eigenvalue weighted by Crippen LogP contribution is 2.33. The van der Waals surface area contributed by atoms with Gasteiger partial charge in [0, 0.05) is 30.4 Å². The zero-order chi connectivity index (χ0) is 16.4. The number of rotatable bonds is 3. The third kappa shape index (κ3) is 2.84. The summed E-state index contributed by atoms with van der Waals surface area (Å²) in [5.74, 6) is 1.84. The molecule has 2 aromatic rings. The van der Waals surface area contributed by atoms with E-state index in [-0.39, 0.29) is 17.9 Å². The predicted molar refractivity (Wildman–Crippen MR) is 89.8 cm³/mol. The number of nitrogens with zero attached hydrogens (tertiary/aromatic N) is 4. The molecule has 2 atom stereocenters. The fraction of sp³-hybridized carbons (Fsp3) is 0.444. The van der Waals surface area contributed by atoms with Crippen molar-refractivity contribution < 1.29 is 4.79 Å². The third-order valence-corrected chi connectivity index (χ3v) is 4.91. The number of hydrogen-bond acceptors (Lipinski definition) is 4. The van der Waals surface area contributed by atoms with Crippen LogP contribution in [0.3, 0.4) is 0 Å². The summed E-state index contributed by atoms with van der Waals surface area (Å²) < 4.78 is 0. The Morgan fingerprint density at radius 2 is 2.08 bits per heavy atom. The highest BCUT2D eigenvalue weighted by molar-refractivity contribution is 5.80. The van der Waals surface area contributed by atoms with E-state index in [1.165, 1.54) is 0 Å². The molecule has 3 heterocycles. The molecule has 6 nitrogen and oxygen atoms in total. The van der Waals surface area contributed by atoms with Crippen molar-refractivity contribution in [3.8, 4) is 11.4 Å². The van der Waals surface area contributed by atoms with Crippen molar-refractivity contribution in [2.45, 2.75) is 38.1 Å². The van der Waals surface area contributed by atoms with Gasteiger partial charge >= 0.3 is 0 Å². The Kier molecular flexibility index (Phi) is 4.11. The molecule has 24 heavy (non-hydrogen) atoms. The molecule has 2 aromatic heterocycles. The minimum Gasteiger partial charge on any atom is -0.332 e. The van der Waals surface area contributed by atoms with E-state index in [4.69, 9.17) is 0 Å². The average Bonchev–Trinajstić information content (AvgIpc) is 3.32. The van der Waals surface area contributed by atoms with Crippen LogP contribution in [0.4, 0.5) is 0 Å². The second kappa shape index (κ2) is 6.55. The lowest BCUT2D eigenvalue weighted by molar-refractivity contribution is -0.136. The Morgan fingerprint density at radius 3 is 2.88 bits per heavy atom. The minimum atomic E-state index is 0.0199. The van der Waals surface area contributed by atoms with Crippen LogP contribution in [0.5, 0.6) is 0 Å². The van der Waals surface area contributed by atoms with Gasteiger partial charge in [0.05, 0.1) is 6.04 Å². The van der Waals surface area contributed by atoms with Gasteiger partial charge in [-0.05, 0) is 44.2 Å². The third-order valence-electron chi connectivity index (χ3n) is 4.91. The number of likely N-dealkylation sites (tertiary alicyclic amines) is 1. The Bertz CT molecular complexity index is 739. The van der Waals surface area contributed by atoms with E-state index in [0.717, 1.165) is 50.0 Å². The first kappa shape index (κ1) is 15.1. The van der Waals surface area contributed by atoms with Gasteiger partial charge in [0.15, 0.2) is 5.82 Å². The summed E-state index contributed by atoms with van der Waals surface area (Å²) in [5.41, 5.74) is 0.931. The van der Waals surface area contributed by atoms with Gasteiger partial charge in [-0.25, -0.2) is 4.98 Å². The van der Waals surface area contributed by atoms with Crippen LogP contribution >= 0.6 is 0 Å². The van der Waals surface area contributed by atoms with Gasteiger partial charge in [-0.1, -0.05) is 12.2 Å². The molecule has 1 aliphatic heterocycles. The Balaban J connectivity index is 1.54. The number of nitrogens with one attached hydrogen (secondary N) is 1. The summed E-state index contributed by atoms with van der Waals surface area (Å²) in [6.07, 6.45) is 12.5. The Hall–Kier alpha value is -2.50. The maximum atomic E-state index is 12.9. The van der Waals surface area contributed by atoms with Crippen molar-refractivity contribution in [3.63, 3.8) is 0 Å². The summed E-state index contributed by atoms with van der Waals surface area (Å²) in [4.78, 5) is 23.5. The van der Waals surface area contributed by atoms with Crippen LogP contribution in [0.1, 0.15) is 44.0 Å². The number of carbonyl (C=O) groups is 1. The van der Waals surface area contributed by atoms with E-state index in [9.17, 15) is 4.79 Å². The molecule has 1 amide bonds. The van der Waals surface area contributed by atoms with Gasteiger partial charge < -0.3 is 4.90 Å². The van der Waals surface area contributed by atoms with Crippen LogP contribution in [0.2, 0.25) is 0 Å². The molecule has 0 bridgehead atoms. The molecule has 6 heteroatoms. The zero-order valence-electron chi connectivity index (χ0n) is 13.6. The molecule has 0 spiro atoms. The lowest BCUT2D eigenvalue weighted by Gasteiger charge is -2.28. The van der Waals surface area contributed by atoms with Crippen molar-refractivity contribution in [1.29, 1.82) is 0 Å². The van der Waals surface area contributed by atoms with E-state index < -0.39 is 0 Å². The SMILES string of the molecule is O=C([C@H]1CC=CCC1)N1CCC[C@H]1c1nc(-c2ccncc2)n[nH]1. The second-order valence-electron chi connectivity index (χ2n) is 6.45. The zero-order valence-corrected chi connectivity index (χ0v) is 13.6. The average molecular weight is 323 g/mol. The molecule has 0 aromatic carbocycles. The Labute approximate surface area is 141 Å². The topological polar surface area (TPSA) is 74.8 Å². The van der Waals surface area contributed by atoms with Gasteiger partial charge in [0.1, 0.15) is 5.82 Å². The Morgan fingerprint density at radius 1 is 1.21 bits per heavy atom. The minimum absolute atomic E-state index is 0.0199. The van der Waals surface area contributed by atoms with Gasteiger partial charge in [-0.3, -0.25) is 14.9 Å². The molecule has 0 saturated carbocycles. The maximum absolute atomic E-state index is 12.9. The molecule has 0 unspecified atom stereocenters. The van der Waals surface area contributed by atoms with Crippen LogP contribution in [0, 0.1) is 5.92 Å². The highest BCUT2D eigenvalue weighted by atomic mass is 16.2. The number of amides is 1. The van der Waals surface area contributed by atoms with E-state index in [1.807, 2.05) is 17.0 Å². The van der Waals surface area contributed by atoms with Crippen LogP contribution in [0.15, 0.2) is 36.7 Å². The summed E-state index contributed by atoms with van der Waals surface area (Å²) >= 11 is 0. The lowest BCUT2D eigenvalue weighted by atomic mass is 9.93. The number of H-pyrrole nitrogens is 1. The molecule has 4 rings (SSSR count). The van der Waals surface area contributed by atoms with Gasteiger partial charge in [0.2, 0.25) is 5.91 Å². The lowest BCUT2D eigenvalue weighted by Crippen LogP contribution is -2.36. The van der Waals surface area contributed by atoms with Crippen LogP contribution < -0.4 is 0 Å². The number of aromatic amines is 1. The maximum Gasteiger partial charge on any atom is 0.226 e. The first-order valence-electron chi connectivity index (χ1n) is 8.61. The van der Waals surface area contributed by atoms with E-state index in [1.54, 1.807) is 12.4 Å². The van der Waals surface area contributed by atoms with E-state index in [2.05, 4.69) is 32.3 Å². The summed E-state index contributed by atoms with van der Waals surface area (Å²) in [7, 11) is 0. The molecule has 0 radical (unpaired) electrons. The van der Waals surface area contributed by atoms with E-state index in [0.29, 0.717) is 5.82 Å². The smallest absolute Gasteiger partial charge is 0.226 e. The van der Waals surface area contributed by atoms with Crippen molar-refractivity contribution in [3.05, 3.63) is 42.5 Å². The van der Waals surface area contributed by atoms with Crippen molar-refractivity contribution in [2.75, 3.05) is 6.54 Å². The molecular weight excluding hydrogens is 302 g/mol. The monoisotopic (exact) mass is 323 g/mol. The van der Waals surface area contributed by atoms with Crippen molar-refractivity contribution >= 4 is 5.91 Å². The van der Waals surface area contributed by atoms with Crippen LogP contribution in [-0.4, -0.2) is 37.5 Å². The second-order valence-corrected chi connectivity index (χ2v) is 6.45. The summed E-state index contributed by atoms with van der Waals surface area (Å²) in [6.45, 7) is 0.814. The largest absolute Gasteiger partial charge is 0.332 e. The van der Waals surface area contributed by atoms with Gasteiger partial charge in [0.25, 0.3) is 0 Å². The quantitative estimate of drug-likeness (QED) is 0.881. The number of hydrogen-bond donors (Lipinski definition) is 1. The molecule has 1 fully saturated rings. The summed E-state index contributed by atoms with van der Waals surface area (Å²) in [6, 6.07) is 3.80. The normalized spacial score (nSPS) is 23.6. The van der Waals surface area contributed by atoms with E-state index >= 15 is 0 Å². The van der Waals surface area contributed by atoms with Crippen molar-refractivity contribution in [2.24, 2.45) is 5.92 Å². The number of allylic oxidation sites excluding steroid dienone is 2. The fourth-order valence-corrected chi connectivity index (χ4v) is 3.62. The van der Waals surface area contributed by atoms with Gasteiger partial charge in [-0.15, -0.1) is 0 Å². The predicted octanol–water partition coefficient (Wildman–Crippen LogP) is 2.89. The highest BCUT2D eigenvalue weighted by Gasteiger charge is 2.35. The number of carbonyl (C=O) groups excluding carboxylic acids is 1. The number of aromatic nitrogens is 4. The van der Waals surface area contributed by atoms with Crippen molar-refractivity contribution in [1.82, 2.24) is 25.1 Å². The molecular formula is C18H21N5O. The van der Waals surface area contributed by atoms with Crippen LogP contribution in [0.25, 0.3) is 11.4 Å². The first-order chi connectivity index (χ1) is 11.8. The van der Waals surface area contributed by atoms with Crippen LogP contribution in [-0.2, 0) is 4.79 Å². The molecule has 1 N–H and O–H groups in total. The van der Waals surface area contributed by atoms with Gasteiger partial charge in [-0.2, -0.15) is 5.10 Å². The molecule has 1 aliphatic carbocycles. The molecule has 1 saturated heterocycles. The number of pyridine rings is 1. The molecule has 2 aliphatic rings.